The van der Waals surface area contributed by atoms with Crippen LogP contribution in [0.3, 0.4) is 0 Å². The summed E-state index contributed by atoms with van der Waals surface area (Å²) in [6.07, 6.45) is 7.13. The number of carbonyl (C=O) groups excluding carboxylic acids is 1. The summed E-state index contributed by atoms with van der Waals surface area (Å²) in [5.41, 5.74) is 2.54. The van der Waals surface area contributed by atoms with E-state index in [1.54, 1.807) is 0 Å². The number of hydrogen-bond donors (Lipinski definition) is 1. The second kappa shape index (κ2) is 7.55. The largest absolute Gasteiger partial charge is 0.369 e. The third-order valence-corrected chi connectivity index (χ3v) is 6.76. The number of amides is 1. The van der Waals surface area contributed by atoms with E-state index in [1.807, 2.05) is 18.7 Å². The van der Waals surface area contributed by atoms with Crippen LogP contribution in [0.1, 0.15) is 91.4 Å². The van der Waals surface area contributed by atoms with Crippen molar-refractivity contribution in [2.45, 2.75) is 76.9 Å². The first-order valence-electron chi connectivity index (χ1n) is 10.9. The van der Waals surface area contributed by atoms with Crippen molar-refractivity contribution in [2.24, 2.45) is 5.92 Å². The number of carbonyl (C=O) groups is 1. The molecule has 1 saturated carbocycles. The molecule has 1 N–H and O–H groups in total. The Bertz CT molecular complexity index is 879. The molecule has 5 rings (SSSR count). The molecule has 156 valence electrons. The van der Waals surface area contributed by atoms with Crippen LogP contribution in [0.25, 0.3) is 0 Å². The van der Waals surface area contributed by atoms with Crippen molar-refractivity contribution in [3.05, 3.63) is 28.7 Å². The van der Waals surface area contributed by atoms with Gasteiger partial charge in [0.25, 0.3) is 5.91 Å². The highest BCUT2D eigenvalue weighted by Gasteiger charge is 2.33. The van der Waals surface area contributed by atoms with Crippen LogP contribution in [0.2, 0.25) is 0 Å². The van der Waals surface area contributed by atoms with E-state index in [-0.39, 0.29) is 18.1 Å². The highest BCUT2D eigenvalue weighted by Crippen LogP contribution is 2.35. The highest BCUT2D eigenvalue weighted by molar-refractivity contribution is 5.94. The van der Waals surface area contributed by atoms with Gasteiger partial charge in [-0.3, -0.25) is 9.89 Å². The van der Waals surface area contributed by atoms with Crippen molar-refractivity contribution in [1.29, 1.82) is 0 Å². The summed E-state index contributed by atoms with van der Waals surface area (Å²) in [6.45, 7) is 5.53. The quantitative estimate of drug-likeness (QED) is 0.848. The van der Waals surface area contributed by atoms with Gasteiger partial charge in [-0.1, -0.05) is 11.6 Å². The van der Waals surface area contributed by atoms with E-state index in [0.717, 1.165) is 61.7 Å². The maximum absolute atomic E-state index is 13.1. The molecular formula is C21H29N5O3. The molecular weight excluding hydrogens is 370 g/mol. The van der Waals surface area contributed by atoms with E-state index in [2.05, 4.69) is 20.3 Å². The number of likely N-dealkylation sites (tertiary alicyclic amines) is 1. The summed E-state index contributed by atoms with van der Waals surface area (Å²) in [5.74, 6) is 2.65. The van der Waals surface area contributed by atoms with Gasteiger partial charge < -0.3 is 14.2 Å². The van der Waals surface area contributed by atoms with E-state index in [0.29, 0.717) is 17.5 Å². The van der Waals surface area contributed by atoms with Crippen LogP contribution >= 0.6 is 0 Å². The third kappa shape index (κ3) is 3.58. The van der Waals surface area contributed by atoms with Gasteiger partial charge in [0, 0.05) is 37.4 Å². The number of nitrogens with zero attached hydrogens (tertiary/aromatic N) is 4. The Balaban J connectivity index is 1.19. The van der Waals surface area contributed by atoms with E-state index < -0.39 is 0 Å². The first kappa shape index (κ1) is 18.8. The minimum Gasteiger partial charge on any atom is -0.369 e. The average molecular weight is 399 g/mol. The predicted octanol–water partition coefficient (Wildman–Crippen LogP) is 3.18. The molecule has 1 saturated heterocycles. The van der Waals surface area contributed by atoms with Crippen LogP contribution in [0.5, 0.6) is 0 Å². The normalized spacial score (nSPS) is 25.7. The summed E-state index contributed by atoms with van der Waals surface area (Å²) in [7, 11) is 0. The number of aromatic amines is 1. The second-order valence-corrected chi connectivity index (χ2v) is 8.87. The maximum Gasteiger partial charge on any atom is 0.274 e. The first-order chi connectivity index (χ1) is 14.1. The summed E-state index contributed by atoms with van der Waals surface area (Å²) in [4.78, 5) is 19.6. The Hall–Kier alpha value is -2.22. The molecule has 2 aromatic heterocycles. The van der Waals surface area contributed by atoms with Crippen LogP contribution < -0.4 is 0 Å². The van der Waals surface area contributed by atoms with Crippen LogP contribution in [-0.4, -0.2) is 50.3 Å². The van der Waals surface area contributed by atoms with Gasteiger partial charge in [-0.2, -0.15) is 10.1 Å². The summed E-state index contributed by atoms with van der Waals surface area (Å²) in [6, 6.07) is 0. The molecule has 2 aliphatic heterocycles. The zero-order chi connectivity index (χ0) is 20.0. The minimum absolute atomic E-state index is 0.0345. The Labute approximate surface area is 170 Å². The second-order valence-electron chi connectivity index (χ2n) is 8.87. The number of ether oxygens (including phenoxy) is 1. The Morgan fingerprint density at radius 1 is 1.21 bits per heavy atom. The zero-order valence-corrected chi connectivity index (χ0v) is 17.2. The third-order valence-electron chi connectivity index (χ3n) is 6.76. The lowest BCUT2D eigenvalue weighted by Crippen LogP contribution is -2.39. The predicted molar refractivity (Wildman–Crippen MR) is 104 cm³/mol. The smallest absolute Gasteiger partial charge is 0.274 e. The first-order valence-corrected chi connectivity index (χ1v) is 10.9. The lowest BCUT2D eigenvalue weighted by atomic mass is 9.85. The Morgan fingerprint density at radius 2 is 2.00 bits per heavy atom. The number of fused-ring (bicyclic) bond motifs is 1. The Kier molecular flexibility index (Phi) is 4.89. The van der Waals surface area contributed by atoms with Crippen molar-refractivity contribution >= 4 is 5.91 Å². The van der Waals surface area contributed by atoms with Gasteiger partial charge >= 0.3 is 0 Å². The number of piperidine rings is 1. The van der Waals surface area contributed by atoms with Gasteiger partial charge in [0.1, 0.15) is 0 Å². The molecule has 2 fully saturated rings. The van der Waals surface area contributed by atoms with Crippen molar-refractivity contribution in [3.63, 3.8) is 0 Å². The molecule has 0 aromatic carbocycles. The molecule has 0 unspecified atom stereocenters. The molecule has 0 radical (unpaired) electrons. The van der Waals surface area contributed by atoms with Gasteiger partial charge in [0.2, 0.25) is 5.89 Å². The fraction of sp³-hybridized carbons (Fsp3) is 0.714. The van der Waals surface area contributed by atoms with Crippen LogP contribution in [0.4, 0.5) is 0 Å². The molecule has 8 nitrogen and oxygen atoms in total. The fourth-order valence-electron chi connectivity index (χ4n) is 4.77. The summed E-state index contributed by atoms with van der Waals surface area (Å²) in [5, 5.41) is 11.5. The summed E-state index contributed by atoms with van der Waals surface area (Å²) < 4.78 is 11.3. The van der Waals surface area contributed by atoms with Gasteiger partial charge in [-0.25, -0.2) is 0 Å². The average Bonchev–Trinajstić information content (AvgIpc) is 3.28. The number of H-pyrrole nitrogens is 1. The van der Waals surface area contributed by atoms with E-state index >= 15 is 0 Å². The fourth-order valence-corrected chi connectivity index (χ4v) is 4.77. The highest BCUT2D eigenvalue weighted by atomic mass is 16.5. The molecule has 4 heterocycles. The van der Waals surface area contributed by atoms with E-state index in [9.17, 15) is 4.79 Å². The molecule has 1 amide bonds. The minimum atomic E-state index is -0.0484. The molecule has 1 aliphatic carbocycles. The van der Waals surface area contributed by atoms with Gasteiger partial charge in [-0.15, -0.1) is 0 Å². The van der Waals surface area contributed by atoms with Crippen molar-refractivity contribution < 1.29 is 14.1 Å². The number of nitrogens with one attached hydrogen (secondary N) is 1. The van der Waals surface area contributed by atoms with Gasteiger partial charge in [0.05, 0.1) is 17.9 Å². The van der Waals surface area contributed by atoms with Crippen LogP contribution in [-0.2, 0) is 17.6 Å². The number of hydrogen-bond acceptors (Lipinski definition) is 6. The molecule has 29 heavy (non-hydrogen) atoms. The molecule has 8 heteroatoms. The van der Waals surface area contributed by atoms with Crippen LogP contribution in [0, 0.1) is 5.92 Å². The molecule has 3 aliphatic rings. The SMILES string of the molecule is C[C@@H]1Cc2c(C(=O)N3CCC(Cc4nc(C5CCC5)no4)CC3)n[nH]c2[C@H](C)O1. The maximum atomic E-state index is 13.1. The zero-order valence-electron chi connectivity index (χ0n) is 17.2. The molecule has 0 spiro atoms. The molecule has 2 aromatic rings. The standard InChI is InChI=1S/C21H29N5O3/c1-12-10-16-18(13(2)28-12)23-24-19(16)21(27)26-8-6-14(7-9-26)11-17-22-20(25-29-17)15-4-3-5-15/h12-15H,3-11H2,1-2H3,(H,23,24)/t12-,13+/m1/s1. The van der Waals surface area contributed by atoms with Crippen LogP contribution in [0.15, 0.2) is 4.52 Å². The lowest BCUT2D eigenvalue weighted by Gasteiger charge is -2.31. The number of rotatable bonds is 4. The van der Waals surface area contributed by atoms with Gasteiger partial charge in [0.15, 0.2) is 11.5 Å². The lowest BCUT2D eigenvalue weighted by molar-refractivity contribution is -0.00703. The van der Waals surface area contributed by atoms with Gasteiger partial charge in [-0.05, 0) is 45.4 Å². The Morgan fingerprint density at radius 3 is 2.72 bits per heavy atom. The summed E-state index contributed by atoms with van der Waals surface area (Å²) >= 11 is 0. The molecule has 2 atom stereocenters. The topological polar surface area (TPSA) is 97.1 Å². The monoisotopic (exact) mass is 399 g/mol. The number of aromatic nitrogens is 4. The molecule has 0 bridgehead atoms. The van der Waals surface area contributed by atoms with E-state index in [1.165, 1.54) is 19.3 Å². The van der Waals surface area contributed by atoms with Crippen molar-refractivity contribution in [3.8, 4) is 0 Å². The van der Waals surface area contributed by atoms with Crippen molar-refractivity contribution in [1.82, 2.24) is 25.2 Å². The van der Waals surface area contributed by atoms with E-state index in [4.69, 9.17) is 9.26 Å². The van der Waals surface area contributed by atoms with Crippen molar-refractivity contribution in [2.75, 3.05) is 13.1 Å².